The largest absolute Gasteiger partial charge is 0.404 e. The fourth-order valence-corrected chi connectivity index (χ4v) is 3.16. The van der Waals surface area contributed by atoms with E-state index in [4.69, 9.17) is 5.73 Å². The molecule has 1 aromatic heterocycles. The molecular formula is C22H23N3O. The van der Waals surface area contributed by atoms with E-state index in [-0.39, 0.29) is 5.91 Å². The standard InChI is InChI=1S/C22H23N3O/c1-13(12-23)10-19-15(3)25-21-14(2)8-9-18(20(19)21)16-6-5-7-17(11-16)22(26)24-4/h5-12,25H,3,23H2,1-2,4H3,(H,24,26)/b13-12-,19-10+. The number of hydrogen-bond acceptors (Lipinski definition) is 2. The number of hydrogen-bond donors (Lipinski definition) is 3. The molecule has 0 aliphatic carbocycles. The quantitative estimate of drug-likeness (QED) is 0.683. The Kier molecular flexibility index (Phi) is 4.67. The third kappa shape index (κ3) is 3.02. The minimum atomic E-state index is -0.101. The number of carbonyl (C=O) groups is 1. The summed E-state index contributed by atoms with van der Waals surface area (Å²) in [5.74, 6) is -0.101. The highest BCUT2D eigenvalue weighted by molar-refractivity contribution is 6.00. The first-order valence-electron chi connectivity index (χ1n) is 8.49. The molecule has 3 aromatic rings. The van der Waals surface area contributed by atoms with Gasteiger partial charge in [-0.2, -0.15) is 0 Å². The van der Waals surface area contributed by atoms with E-state index in [1.54, 1.807) is 13.2 Å². The van der Waals surface area contributed by atoms with Crippen molar-refractivity contribution in [3.8, 4) is 11.1 Å². The number of allylic oxidation sites excluding steroid dienone is 1. The molecular weight excluding hydrogens is 322 g/mol. The van der Waals surface area contributed by atoms with Crippen molar-refractivity contribution in [3.63, 3.8) is 0 Å². The van der Waals surface area contributed by atoms with E-state index in [0.29, 0.717) is 5.56 Å². The first-order chi connectivity index (χ1) is 12.5. The number of carbonyl (C=O) groups excluding carboxylic acids is 1. The SMILES string of the molecule is C=c1[nH]c2c(C)ccc(-c3cccc(C(=O)NC)c3)c2/c1=C/C(C)=C\N. The summed E-state index contributed by atoms with van der Waals surface area (Å²) in [6.07, 6.45) is 3.62. The first-order valence-corrected chi connectivity index (χ1v) is 8.49. The summed E-state index contributed by atoms with van der Waals surface area (Å²) in [5, 5.41) is 5.62. The van der Waals surface area contributed by atoms with Crippen LogP contribution in [-0.2, 0) is 0 Å². The van der Waals surface area contributed by atoms with Gasteiger partial charge in [0, 0.05) is 28.6 Å². The summed E-state index contributed by atoms with van der Waals surface area (Å²) in [4.78, 5) is 15.4. The van der Waals surface area contributed by atoms with Crippen LogP contribution in [-0.4, -0.2) is 17.9 Å². The summed E-state index contributed by atoms with van der Waals surface area (Å²) < 4.78 is 0. The number of rotatable bonds is 3. The van der Waals surface area contributed by atoms with Crippen LogP contribution in [0.2, 0.25) is 0 Å². The summed E-state index contributed by atoms with van der Waals surface area (Å²) in [5.41, 5.74) is 11.5. The normalized spacial score (nSPS) is 12.6. The Bertz CT molecular complexity index is 1140. The van der Waals surface area contributed by atoms with Gasteiger partial charge < -0.3 is 16.0 Å². The molecule has 1 amide bonds. The molecule has 0 bridgehead atoms. The average Bonchev–Trinajstić information content (AvgIpc) is 2.98. The number of nitrogens with one attached hydrogen (secondary N) is 2. The van der Waals surface area contributed by atoms with E-state index in [1.807, 2.05) is 37.3 Å². The van der Waals surface area contributed by atoms with E-state index in [1.165, 1.54) is 0 Å². The molecule has 2 aromatic carbocycles. The predicted octanol–water partition coefficient (Wildman–Crippen LogP) is 2.56. The Morgan fingerprint density at radius 3 is 2.73 bits per heavy atom. The topological polar surface area (TPSA) is 70.9 Å². The Morgan fingerprint density at radius 2 is 2.04 bits per heavy atom. The molecule has 0 saturated heterocycles. The molecule has 0 radical (unpaired) electrons. The van der Waals surface area contributed by atoms with Gasteiger partial charge in [0.05, 0.1) is 5.52 Å². The molecule has 0 atom stereocenters. The third-order valence-electron chi connectivity index (χ3n) is 4.58. The van der Waals surface area contributed by atoms with E-state index in [0.717, 1.165) is 43.7 Å². The lowest BCUT2D eigenvalue weighted by Gasteiger charge is -2.08. The number of aryl methyl sites for hydroxylation is 1. The van der Waals surface area contributed by atoms with Crippen LogP contribution >= 0.6 is 0 Å². The lowest BCUT2D eigenvalue weighted by atomic mass is 9.96. The lowest BCUT2D eigenvalue weighted by molar-refractivity contribution is 0.0963. The molecule has 4 heteroatoms. The summed E-state index contributed by atoms with van der Waals surface area (Å²) in [6.45, 7) is 8.19. The van der Waals surface area contributed by atoms with Crippen molar-refractivity contribution in [3.05, 3.63) is 69.9 Å². The maximum atomic E-state index is 12.0. The van der Waals surface area contributed by atoms with Gasteiger partial charge in [-0.1, -0.05) is 30.8 Å². The Morgan fingerprint density at radius 1 is 1.27 bits per heavy atom. The number of fused-ring (bicyclic) bond motifs is 1. The van der Waals surface area contributed by atoms with E-state index in [9.17, 15) is 4.79 Å². The molecule has 0 unspecified atom stereocenters. The monoisotopic (exact) mass is 345 g/mol. The van der Waals surface area contributed by atoms with Crippen LogP contribution in [0.4, 0.5) is 0 Å². The van der Waals surface area contributed by atoms with E-state index >= 15 is 0 Å². The molecule has 1 heterocycles. The second-order valence-corrected chi connectivity index (χ2v) is 6.41. The van der Waals surface area contributed by atoms with Crippen molar-refractivity contribution in [1.82, 2.24) is 10.3 Å². The number of aromatic nitrogens is 1. The first kappa shape index (κ1) is 17.5. The van der Waals surface area contributed by atoms with Crippen molar-refractivity contribution >= 4 is 29.5 Å². The van der Waals surface area contributed by atoms with Gasteiger partial charge in [-0.15, -0.1) is 0 Å². The molecule has 3 rings (SSSR count). The van der Waals surface area contributed by atoms with Crippen molar-refractivity contribution in [2.45, 2.75) is 13.8 Å². The van der Waals surface area contributed by atoms with Gasteiger partial charge in [-0.3, -0.25) is 4.79 Å². The van der Waals surface area contributed by atoms with Crippen molar-refractivity contribution in [2.24, 2.45) is 5.73 Å². The molecule has 0 saturated carbocycles. The van der Waals surface area contributed by atoms with Gasteiger partial charge in [-0.25, -0.2) is 0 Å². The number of benzene rings is 2. The summed E-state index contributed by atoms with van der Waals surface area (Å²) >= 11 is 0. The Hall–Kier alpha value is -3.27. The van der Waals surface area contributed by atoms with Crippen LogP contribution in [0.3, 0.4) is 0 Å². The number of amides is 1. The van der Waals surface area contributed by atoms with Crippen molar-refractivity contribution < 1.29 is 4.79 Å². The third-order valence-corrected chi connectivity index (χ3v) is 4.58. The van der Waals surface area contributed by atoms with Crippen LogP contribution in [0, 0.1) is 6.92 Å². The molecule has 132 valence electrons. The second-order valence-electron chi connectivity index (χ2n) is 6.41. The fourth-order valence-electron chi connectivity index (χ4n) is 3.16. The van der Waals surface area contributed by atoms with Crippen LogP contribution in [0.15, 0.2) is 48.2 Å². The highest BCUT2D eigenvalue weighted by Gasteiger charge is 2.12. The van der Waals surface area contributed by atoms with Gasteiger partial charge in [-0.05, 0) is 60.5 Å². The van der Waals surface area contributed by atoms with Crippen molar-refractivity contribution in [1.29, 1.82) is 0 Å². The maximum absolute atomic E-state index is 12.0. The van der Waals surface area contributed by atoms with Gasteiger partial charge in [0.1, 0.15) is 0 Å². The zero-order valence-electron chi connectivity index (χ0n) is 15.3. The minimum absolute atomic E-state index is 0.101. The maximum Gasteiger partial charge on any atom is 0.251 e. The van der Waals surface area contributed by atoms with Gasteiger partial charge in [0.25, 0.3) is 5.91 Å². The smallest absolute Gasteiger partial charge is 0.251 e. The van der Waals surface area contributed by atoms with Gasteiger partial charge >= 0.3 is 0 Å². The summed E-state index contributed by atoms with van der Waals surface area (Å²) in [6, 6.07) is 11.8. The molecule has 4 N–H and O–H groups in total. The van der Waals surface area contributed by atoms with Crippen molar-refractivity contribution in [2.75, 3.05) is 7.05 Å². The Balaban J connectivity index is 2.38. The second kappa shape index (κ2) is 6.92. The molecule has 0 aliphatic heterocycles. The number of H-pyrrole nitrogens is 1. The zero-order valence-corrected chi connectivity index (χ0v) is 15.3. The number of nitrogens with two attached hydrogens (primary N) is 1. The molecule has 0 aliphatic rings. The molecule has 0 spiro atoms. The van der Waals surface area contributed by atoms with Crippen LogP contribution in [0.1, 0.15) is 22.8 Å². The van der Waals surface area contributed by atoms with Crippen LogP contribution in [0.25, 0.3) is 34.7 Å². The predicted molar refractivity (Wildman–Crippen MR) is 109 cm³/mol. The van der Waals surface area contributed by atoms with Crippen LogP contribution in [0.5, 0.6) is 0 Å². The molecule has 0 fully saturated rings. The molecule has 26 heavy (non-hydrogen) atoms. The molecule has 4 nitrogen and oxygen atoms in total. The lowest BCUT2D eigenvalue weighted by Crippen LogP contribution is -2.21. The highest BCUT2D eigenvalue weighted by Crippen LogP contribution is 2.28. The highest BCUT2D eigenvalue weighted by atomic mass is 16.1. The van der Waals surface area contributed by atoms with Gasteiger partial charge in [0.15, 0.2) is 0 Å². The van der Waals surface area contributed by atoms with Crippen LogP contribution < -0.4 is 21.6 Å². The van der Waals surface area contributed by atoms with E-state index in [2.05, 4.69) is 35.9 Å². The van der Waals surface area contributed by atoms with E-state index < -0.39 is 0 Å². The summed E-state index contributed by atoms with van der Waals surface area (Å²) in [7, 11) is 1.63. The van der Waals surface area contributed by atoms with Gasteiger partial charge in [0.2, 0.25) is 0 Å². The average molecular weight is 345 g/mol. The fraction of sp³-hybridized carbons (Fsp3) is 0.136. The number of aromatic amines is 1. The Labute approximate surface area is 152 Å². The minimum Gasteiger partial charge on any atom is -0.404 e. The zero-order chi connectivity index (χ0) is 18.8.